The van der Waals surface area contributed by atoms with Gasteiger partial charge in [-0.2, -0.15) is 0 Å². The van der Waals surface area contributed by atoms with Gasteiger partial charge >= 0.3 is 5.97 Å². The lowest BCUT2D eigenvalue weighted by molar-refractivity contribution is -0.152. The molecule has 1 unspecified atom stereocenters. The number of carboxylic acids is 1. The third-order valence-electron chi connectivity index (χ3n) is 9.66. The van der Waals surface area contributed by atoms with Crippen molar-refractivity contribution in [1.29, 1.82) is 0 Å². The number of rotatable bonds is 8. The summed E-state index contributed by atoms with van der Waals surface area (Å²) in [6, 6.07) is 10.8. The van der Waals surface area contributed by atoms with Crippen LogP contribution in [0.25, 0.3) is 11.3 Å². The number of thiazole rings is 1. The third-order valence-corrected chi connectivity index (χ3v) is 10.6. The molecule has 2 saturated heterocycles. The second kappa shape index (κ2) is 12.6. The van der Waals surface area contributed by atoms with Crippen molar-refractivity contribution in [2.24, 2.45) is 11.3 Å². The average molecular weight is 606 g/mol. The second-order valence-corrected chi connectivity index (χ2v) is 13.5. The molecule has 43 heavy (non-hydrogen) atoms. The van der Waals surface area contributed by atoms with Crippen LogP contribution < -0.4 is 9.64 Å². The molecule has 230 valence electrons. The quantitative estimate of drug-likeness (QED) is 0.349. The normalized spacial score (nSPS) is 24.5. The fourth-order valence-electron chi connectivity index (χ4n) is 6.63. The molecule has 2 aromatic carbocycles. The molecule has 9 heteroatoms. The van der Waals surface area contributed by atoms with Gasteiger partial charge in [-0.1, -0.05) is 31.2 Å². The Hall–Kier alpha value is -2.98. The molecule has 0 amide bonds. The zero-order chi connectivity index (χ0) is 30.1. The number of hydrogen-bond donors (Lipinski definition) is 1. The molecule has 1 aromatic heterocycles. The van der Waals surface area contributed by atoms with Crippen molar-refractivity contribution < 1.29 is 24.1 Å². The molecule has 6 rings (SSSR count). The number of anilines is 1. The van der Waals surface area contributed by atoms with E-state index in [-0.39, 0.29) is 12.0 Å². The van der Waals surface area contributed by atoms with Gasteiger partial charge in [-0.3, -0.25) is 9.69 Å². The Morgan fingerprint density at radius 3 is 2.84 bits per heavy atom. The molecule has 2 fully saturated rings. The molecule has 3 aromatic rings. The number of para-hydroxylation sites is 1. The highest BCUT2D eigenvalue weighted by Crippen LogP contribution is 2.41. The SMILES string of the molecule is Cc1cc(COc2c(C)cccc2-c2csc(N3CC[C@](C)(C(=O)O)[C@@H](C)C3)n2)cc2c1CN(CC1COCCO1)CC2. The molecule has 4 heterocycles. The summed E-state index contributed by atoms with van der Waals surface area (Å²) in [7, 11) is 0. The molecule has 0 saturated carbocycles. The van der Waals surface area contributed by atoms with Crippen molar-refractivity contribution >= 4 is 22.4 Å². The van der Waals surface area contributed by atoms with E-state index in [0.29, 0.717) is 45.9 Å². The van der Waals surface area contributed by atoms with Crippen LogP contribution in [-0.2, 0) is 33.8 Å². The van der Waals surface area contributed by atoms with Crippen molar-refractivity contribution in [3.05, 3.63) is 63.5 Å². The number of fused-ring (bicyclic) bond motifs is 1. The Balaban J connectivity index is 1.14. The van der Waals surface area contributed by atoms with Gasteiger partial charge in [0.05, 0.1) is 37.0 Å². The van der Waals surface area contributed by atoms with Gasteiger partial charge in [0.2, 0.25) is 0 Å². The van der Waals surface area contributed by atoms with E-state index < -0.39 is 11.4 Å². The molecule has 3 atom stereocenters. The minimum absolute atomic E-state index is 0.0348. The van der Waals surface area contributed by atoms with E-state index in [0.717, 1.165) is 53.8 Å². The Kier molecular flexibility index (Phi) is 8.78. The van der Waals surface area contributed by atoms with E-state index >= 15 is 0 Å². The van der Waals surface area contributed by atoms with Crippen LogP contribution in [0.5, 0.6) is 5.75 Å². The standard InChI is InChI=1S/C34H43N3O5S/c1-22-6-5-7-28(30-21-43-33(35-30)37-11-9-34(4,32(38)39)24(3)16-37)31(22)42-19-25-14-23(2)29-18-36(10-8-26(29)15-25)17-27-20-40-12-13-41-27/h5-7,14-15,21,24,27H,8-13,16-20H2,1-4H3,(H,38,39)/t24-,27?,34-/m0/s1. The first kappa shape index (κ1) is 30.1. The first-order valence-electron chi connectivity index (χ1n) is 15.4. The number of carboxylic acid groups (broad SMARTS) is 1. The number of nitrogens with zero attached hydrogens (tertiary/aromatic N) is 3. The largest absolute Gasteiger partial charge is 0.488 e. The van der Waals surface area contributed by atoms with Gasteiger partial charge < -0.3 is 24.2 Å². The summed E-state index contributed by atoms with van der Waals surface area (Å²) in [6.07, 6.45) is 1.80. The molecule has 3 aliphatic rings. The van der Waals surface area contributed by atoms with Gasteiger partial charge in [-0.15, -0.1) is 11.3 Å². The van der Waals surface area contributed by atoms with Gasteiger partial charge in [0.25, 0.3) is 0 Å². The number of ether oxygens (including phenoxy) is 3. The highest BCUT2D eigenvalue weighted by molar-refractivity contribution is 7.14. The maximum absolute atomic E-state index is 11.9. The Bertz CT molecular complexity index is 1470. The summed E-state index contributed by atoms with van der Waals surface area (Å²) in [5, 5.41) is 12.8. The molecule has 0 radical (unpaired) electrons. The van der Waals surface area contributed by atoms with Crippen LogP contribution in [-0.4, -0.2) is 73.1 Å². The van der Waals surface area contributed by atoms with E-state index in [1.807, 2.05) is 13.8 Å². The highest BCUT2D eigenvalue weighted by atomic mass is 32.1. The lowest BCUT2D eigenvalue weighted by atomic mass is 9.73. The van der Waals surface area contributed by atoms with Crippen LogP contribution in [0.2, 0.25) is 0 Å². The number of piperidine rings is 1. The van der Waals surface area contributed by atoms with Gasteiger partial charge in [0, 0.05) is 43.7 Å². The Morgan fingerprint density at radius 1 is 1.21 bits per heavy atom. The zero-order valence-electron chi connectivity index (χ0n) is 25.7. The summed E-state index contributed by atoms with van der Waals surface area (Å²) in [6.45, 7) is 15.0. The number of aryl methyl sites for hydroxylation is 2. The van der Waals surface area contributed by atoms with Gasteiger partial charge in [-0.05, 0) is 73.4 Å². The van der Waals surface area contributed by atoms with Gasteiger partial charge in [0.1, 0.15) is 12.4 Å². The number of hydrogen-bond acceptors (Lipinski definition) is 8. The lowest BCUT2D eigenvalue weighted by Crippen LogP contribution is -2.48. The molecular formula is C34H43N3O5S. The summed E-state index contributed by atoms with van der Waals surface area (Å²) < 4.78 is 18.0. The van der Waals surface area contributed by atoms with E-state index in [4.69, 9.17) is 19.2 Å². The van der Waals surface area contributed by atoms with Crippen molar-refractivity contribution in [2.75, 3.05) is 50.9 Å². The topological polar surface area (TPSA) is 84.4 Å². The van der Waals surface area contributed by atoms with E-state index in [2.05, 4.69) is 59.4 Å². The molecule has 1 N–H and O–H groups in total. The first-order valence-corrected chi connectivity index (χ1v) is 16.3. The fourth-order valence-corrected chi connectivity index (χ4v) is 7.50. The first-order chi connectivity index (χ1) is 20.7. The van der Waals surface area contributed by atoms with Crippen LogP contribution in [0.4, 0.5) is 5.13 Å². The van der Waals surface area contributed by atoms with E-state index in [9.17, 15) is 9.90 Å². The van der Waals surface area contributed by atoms with Crippen LogP contribution in [0.3, 0.4) is 0 Å². The third kappa shape index (κ3) is 6.32. The van der Waals surface area contributed by atoms with Gasteiger partial charge in [-0.25, -0.2) is 4.98 Å². The van der Waals surface area contributed by atoms with E-state index in [1.54, 1.807) is 11.3 Å². The lowest BCUT2D eigenvalue weighted by Gasteiger charge is -2.41. The van der Waals surface area contributed by atoms with E-state index in [1.165, 1.54) is 22.3 Å². The number of benzene rings is 2. The monoisotopic (exact) mass is 605 g/mol. The number of carbonyl (C=O) groups is 1. The summed E-state index contributed by atoms with van der Waals surface area (Å²) >= 11 is 1.61. The predicted octanol–water partition coefficient (Wildman–Crippen LogP) is 5.72. The van der Waals surface area contributed by atoms with Crippen molar-refractivity contribution in [1.82, 2.24) is 9.88 Å². The van der Waals surface area contributed by atoms with Crippen molar-refractivity contribution in [3.8, 4) is 17.0 Å². The molecule has 0 spiro atoms. The summed E-state index contributed by atoms with van der Waals surface area (Å²) in [4.78, 5) is 21.6. The average Bonchev–Trinajstić information content (AvgIpc) is 3.49. The van der Waals surface area contributed by atoms with Crippen molar-refractivity contribution in [3.63, 3.8) is 0 Å². The number of aliphatic carboxylic acids is 1. The molecule has 8 nitrogen and oxygen atoms in total. The smallest absolute Gasteiger partial charge is 0.309 e. The van der Waals surface area contributed by atoms with Crippen LogP contribution in [0, 0.1) is 25.2 Å². The second-order valence-electron chi connectivity index (χ2n) is 12.7. The van der Waals surface area contributed by atoms with Crippen LogP contribution in [0.15, 0.2) is 35.7 Å². The minimum atomic E-state index is -0.711. The summed E-state index contributed by atoms with van der Waals surface area (Å²) in [5.41, 5.74) is 7.61. The maximum Gasteiger partial charge on any atom is 0.309 e. The molecule has 0 aliphatic carbocycles. The Morgan fingerprint density at radius 2 is 2.07 bits per heavy atom. The molecule has 3 aliphatic heterocycles. The van der Waals surface area contributed by atoms with Crippen molar-refractivity contribution in [2.45, 2.75) is 59.8 Å². The van der Waals surface area contributed by atoms with Gasteiger partial charge in [0.15, 0.2) is 5.13 Å². The highest BCUT2D eigenvalue weighted by Gasteiger charge is 2.43. The zero-order valence-corrected chi connectivity index (χ0v) is 26.5. The van der Waals surface area contributed by atoms with Crippen LogP contribution >= 0.6 is 11.3 Å². The van der Waals surface area contributed by atoms with Crippen LogP contribution in [0.1, 0.15) is 48.1 Å². The Labute approximate surface area is 258 Å². The minimum Gasteiger partial charge on any atom is -0.488 e. The number of aromatic nitrogens is 1. The maximum atomic E-state index is 11.9. The molecule has 0 bridgehead atoms. The molecular weight excluding hydrogens is 562 g/mol. The fraction of sp³-hybridized carbons (Fsp3) is 0.529. The summed E-state index contributed by atoms with van der Waals surface area (Å²) in [5.74, 6) is 0.186. The predicted molar refractivity (Wildman–Crippen MR) is 169 cm³/mol.